The van der Waals surface area contributed by atoms with Gasteiger partial charge in [-0.2, -0.15) is 5.10 Å². The highest BCUT2D eigenvalue weighted by molar-refractivity contribution is 5.96. The van der Waals surface area contributed by atoms with Crippen molar-refractivity contribution in [1.29, 1.82) is 0 Å². The van der Waals surface area contributed by atoms with Gasteiger partial charge in [0.2, 0.25) is 5.91 Å². The Morgan fingerprint density at radius 1 is 1.44 bits per heavy atom. The molecule has 0 aromatic carbocycles. The van der Waals surface area contributed by atoms with Crippen LogP contribution in [-0.2, 0) is 4.79 Å². The molecule has 3 rings (SSSR count). The minimum atomic E-state index is -2.96. The van der Waals surface area contributed by atoms with E-state index in [0.29, 0.717) is 39.0 Å². The average Bonchev–Trinajstić information content (AvgIpc) is 2.99. The third kappa shape index (κ3) is 2.95. The summed E-state index contributed by atoms with van der Waals surface area (Å²) in [5, 5.41) is 23.9. The molecule has 9 nitrogen and oxygen atoms in total. The van der Waals surface area contributed by atoms with Gasteiger partial charge in [-0.25, -0.2) is 8.78 Å². The zero-order valence-electron chi connectivity index (χ0n) is 13.6. The number of amides is 1. The van der Waals surface area contributed by atoms with Crippen molar-refractivity contribution in [3.8, 4) is 0 Å². The molecular weight excluding hydrogens is 340 g/mol. The molecule has 0 saturated carbocycles. The third-order valence-corrected chi connectivity index (χ3v) is 5.58. The van der Waals surface area contributed by atoms with Crippen molar-refractivity contribution >= 4 is 11.6 Å². The topological polar surface area (TPSA) is 111 Å². The fraction of sp³-hybridized carbons (Fsp3) is 0.857. The summed E-state index contributed by atoms with van der Waals surface area (Å²) < 4.78 is 26.3. The SMILES string of the molecule is O=C(CO)N1CCC(N2CC(C3([N+](=O)[O-])CNN=C3C(F)F)C2)CC1. The van der Waals surface area contributed by atoms with Gasteiger partial charge in [-0.05, 0) is 12.8 Å². The Bertz CT molecular complexity index is 576. The van der Waals surface area contributed by atoms with E-state index in [-0.39, 0.29) is 18.5 Å². The van der Waals surface area contributed by atoms with Crippen LogP contribution in [-0.4, -0.2) is 88.8 Å². The number of aliphatic hydroxyl groups is 1. The number of nitrogens with one attached hydrogen (secondary N) is 1. The normalized spacial score (nSPS) is 28.6. The second-order valence-electron chi connectivity index (χ2n) is 6.73. The molecule has 3 heterocycles. The van der Waals surface area contributed by atoms with E-state index in [1.807, 2.05) is 0 Å². The second kappa shape index (κ2) is 6.79. The lowest BCUT2D eigenvalue weighted by molar-refractivity contribution is -0.559. The van der Waals surface area contributed by atoms with Crippen molar-refractivity contribution in [1.82, 2.24) is 15.2 Å². The van der Waals surface area contributed by atoms with Gasteiger partial charge in [-0.1, -0.05) is 0 Å². The van der Waals surface area contributed by atoms with Crippen LogP contribution in [0.1, 0.15) is 12.8 Å². The van der Waals surface area contributed by atoms with Crippen LogP contribution in [0.25, 0.3) is 0 Å². The molecule has 0 spiro atoms. The molecule has 11 heteroatoms. The average molecular weight is 361 g/mol. The smallest absolute Gasteiger partial charge is 0.290 e. The van der Waals surface area contributed by atoms with Crippen molar-refractivity contribution < 1.29 is 23.6 Å². The molecule has 0 aromatic rings. The van der Waals surface area contributed by atoms with E-state index in [4.69, 9.17) is 5.11 Å². The molecule has 25 heavy (non-hydrogen) atoms. The Hall–Kier alpha value is -1.88. The molecule has 0 aromatic heterocycles. The first-order chi connectivity index (χ1) is 11.9. The number of rotatable bonds is 5. The molecule has 1 atom stereocenters. The molecule has 0 radical (unpaired) electrons. The number of hydrogen-bond acceptors (Lipinski definition) is 7. The summed E-state index contributed by atoms with van der Waals surface area (Å²) in [6.07, 6.45) is -1.54. The molecule has 2 saturated heterocycles. The molecule has 2 fully saturated rings. The summed E-state index contributed by atoms with van der Waals surface area (Å²) in [7, 11) is 0. The molecule has 1 unspecified atom stereocenters. The minimum absolute atomic E-state index is 0.170. The van der Waals surface area contributed by atoms with Crippen molar-refractivity contribution in [3.63, 3.8) is 0 Å². The number of nitro groups is 1. The van der Waals surface area contributed by atoms with Crippen LogP contribution in [0.2, 0.25) is 0 Å². The maximum atomic E-state index is 13.2. The van der Waals surface area contributed by atoms with Gasteiger partial charge in [0.15, 0.2) is 5.71 Å². The Morgan fingerprint density at radius 3 is 2.60 bits per heavy atom. The van der Waals surface area contributed by atoms with Gasteiger partial charge < -0.3 is 15.4 Å². The molecular formula is C14H21F2N5O4. The predicted molar refractivity (Wildman–Crippen MR) is 82.9 cm³/mol. The van der Waals surface area contributed by atoms with Gasteiger partial charge in [-0.15, -0.1) is 0 Å². The minimum Gasteiger partial charge on any atom is -0.387 e. The fourth-order valence-corrected chi connectivity index (χ4v) is 4.02. The monoisotopic (exact) mass is 361 g/mol. The van der Waals surface area contributed by atoms with Gasteiger partial charge in [0.05, 0.1) is 5.92 Å². The standard InChI is InChI=1S/C14H21F2N5O4/c15-13(16)12-14(21(24)25,8-17-18-12)9-5-20(6-9)10-1-3-19(4-2-10)11(23)7-22/h9-10,13,17,22H,1-8H2. The number of aliphatic hydroxyl groups excluding tert-OH is 1. The quantitative estimate of drug-likeness (QED) is 0.487. The van der Waals surface area contributed by atoms with Crippen LogP contribution in [0.15, 0.2) is 5.10 Å². The summed E-state index contributed by atoms with van der Waals surface area (Å²) in [5.74, 6) is -0.815. The summed E-state index contributed by atoms with van der Waals surface area (Å²) in [6.45, 7) is 1.07. The van der Waals surface area contributed by atoms with Crippen LogP contribution in [0, 0.1) is 16.0 Å². The van der Waals surface area contributed by atoms with Crippen LogP contribution in [0.3, 0.4) is 0 Å². The maximum absolute atomic E-state index is 13.2. The Labute approximate surface area is 142 Å². The van der Waals surface area contributed by atoms with Crippen LogP contribution < -0.4 is 5.43 Å². The number of piperidine rings is 1. The molecule has 3 aliphatic heterocycles. The summed E-state index contributed by atoms with van der Waals surface area (Å²) in [5.41, 5.74) is -0.136. The van der Waals surface area contributed by atoms with Crippen LogP contribution in [0.4, 0.5) is 8.78 Å². The molecule has 1 amide bonds. The first-order valence-corrected chi connectivity index (χ1v) is 8.26. The van der Waals surface area contributed by atoms with E-state index in [0.717, 1.165) is 0 Å². The number of halogens is 2. The highest BCUT2D eigenvalue weighted by atomic mass is 19.3. The molecule has 140 valence electrons. The number of likely N-dealkylation sites (tertiary alicyclic amines) is 2. The lowest BCUT2D eigenvalue weighted by Crippen LogP contribution is -2.68. The molecule has 2 N–H and O–H groups in total. The van der Waals surface area contributed by atoms with Gasteiger partial charge in [0.25, 0.3) is 12.0 Å². The summed E-state index contributed by atoms with van der Waals surface area (Å²) in [6, 6.07) is 0.170. The summed E-state index contributed by atoms with van der Waals surface area (Å²) >= 11 is 0. The lowest BCUT2D eigenvalue weighted by atomic mass is 9.75. The zero-order chi connectivity index (χ0) is 18.2. The maximum Gasteiger partial charge on any atom is 0.290 e. The van der Waals surface area contributed by atoms with E-state index in [1.54, 1.807) is 4.90 Å². The number of hydrazone groups is 1. The Morgan fingerprint density at radius 2 is 2.08 bits per heavy atom. The second-order valence-corrected chi connectivity index (χ2v) is 6.73. The lowest BCUT2D eigenvalue weighted by Gasteiger charge is -2.49. The number of nitrogens with zero attached hydrogens (tertiary/aromatic N) is 4. The van der Waals surface area contributed by atoms with Crippen molar-refractivity contribution in [2.75, 3.05) is 39.3 Å². The van der Waals surface area contributed by atoms with Crippen molar-refractivity contribution in [2.24, 2.45) is 11.0 Å². The van der Waals surface area contributed by atoms with Crippen LogP contribution >= 0.6 is 0 Å². The fourth-order valence-electron chi connectivity index (χ4n) is 4.02. The number of carbonyl (C=O) groups excluding carboxylic acids is 1. The highest BCUT2D eigenvalue weighted by Gasteiger charge is 2.63. The van der Waals surface area contributed by atoms with Crippen molar-refractivity contribution in [3.05, 3.63) is 10.1 Å². The molecule has 0 bridgehead atoms. The third-order valence-electron chi connectivity index (χ3n) is 5.58. The van der Waals surface area contributed by atoms with Gasteiger partial charge in [-0.3, -0.25) is 19.8 Å². The van der Waals surface area contributed by atoms with Gasteiger partial charge in [0.1, 0.15) is 13.2 Å². The highest BCUT2D eigenvalue weighted by Crippen LogP contribution is 2.37. The molecule has 3 aliphatic rings. The van der Waals surface area contributed by atoms with E-state index in [9.17, 15) is 23.7 Å². The number of carbonyl (C=O) groups is 1. The zero-order valence-corrected chi connectivity index (χ0v) is 13.6. The van der Waals surface area contributed by atoms with Crippen molar-refractivity contribution in [2.45, 2.75) is 30.8 Å². The first-order valence-electron chi connectivity index (χ1n) is 8.26. The molecule has 0 aliphatic carbocycles. The van der Waals surface area contributed by atoms with E-state index in [1.165, 1.54) is 0 Å². The number of alkyl halides is 2. The van der Waals surface area contributed by atoms with E-state index in [2.05, 4.69) is 15.4 Å². The van der Waals surface area contributed by atoms with E-state index >= 15 is 0 Å². The number of hydrogen-bond donors (Lipinski definition) is 2. The van der Waals surface area contributed by atoms with Gasteiger partial charge >= 0.3 is 0 Å². The largest absolute Gasteiger partial charge is 0.387 e. The predicted octanol–water partition coefficient (Wildman–Crippen LogP) is -0.859. The first kappa shape index (κ1) is 17.9. The Kier molecular flexibility index (Phi) is 4.87. The van der Waals surface area contributed by atoms with E-state index < -0.39 is 35.1 Å². The van der Waals surface area contributed by atoms with Crippen LogP contribution in [0.5, 0.6) is 0 Å². The summed E-state index contributed by atoms with van der Waals surface area (Å²) in [4.78, 5) is 26.1. The Balaban J connectivity index is 1.59. The van der Waals surface area contributed by atoms with Gasteiger partial charge in [0, 0.05) is 37.1 Å².